The summed E-state index contributed by atoms with van der Waals surface area (Å²) in [7, 11) is 0. The second-order valence-electron chi connectivity index (χ2n) is 6.04. The Kier molecular flexibility index (Phi) is 3.05. The third-order valence-electron chi connectivity index (χ3n) is 3.11. The second-order valence-corrected chi connectivity index (χ2v) is 6.04. The van der Waals surface area contributed by atoms with Gasteiger partial charge < -0.3 is 9.84 Å². The molecular weight excluding hydrogens is 208 g/mol. The molecule has 1 fully saturated rings. The van der Waals surface area contributed by atoms with Crippen LogP contribution in [0, 0.1) is 17.3 Å². The SMILES string of the molecule is CC(C)(C)OC(=O)[C@@H]1[C@H](CC(=O)O)C1(C)C. The molecule has 16 heavy (non-hydrogen) atoms. The lowest BCUT2D eigenvalue weighted by Crippen LogP contribution is -2.26. The fraction of sp³-hybridized carbons (Fsp3) is 0.833. The Hall–Kier alpha value is -1.06. The smallest absolute Gasteiger partial charge is 0.310 e. The normalized spacial score (nSPS) is 27.3. The predicted octanol–water partition coefficient (Wildman–Crippen LogP) is 2.08. The lowest BCUT2D eigenvalue weighted by Gasteiger charge is -2.20. The first kappa shape index (κ1) is 13.0. The number of carboxylic acid groups (broad SMARTS) is 1. The predicted molar refractivity (Wildman–Crippen MR) is 58.9 cm³/mol. The third kappa shape index (κ3) is 2.74. The van der Waals surface area contributed by atoms with Gasteiger partial charge in [-0.25, -0.2) is 0 Å². The molecule has 1 saturated carbocycles. The van der Waals surface area contributed by atoms with E-state index in [2.05, 4.69) is 0 Å². The number of rotatable bonds is 3. The topological polar surface area (TPSA) is 63.6 Å². The summed E-state index contributed by atoms with van der Waals surface area (Å²) in [6, 6.07) is 0. The Morgan fingerprint density at radius 2 is 1.81 bits per heavy atom. The van der Waals surface area contributed by atoms with Gasteiger partial charge in [-0.3, -0.25) is 9.59 Å². The van der Waals surface area contributed by atoms with Crippen LogP contribution in [0.5, 0.6) is 0 Å². The van der Waals surface area contributed by atoms with Gasteiger partial charge in [0.05, 0.1) is 5.92 Å². The molecule has 0 radical (unpaired) electrons. The average Bonchev–Trinajstić information content (AvgIpc) is 2.47. The molecule has 0 amide bonds. The van der Waals surface area contributed by atoms with Crippen LogP contribution in [0.4, 0.5) is 0 Å². The molecule has 0 aliphatic heterocycles. The van der Waals surface area contributed by atoms with Gasteiger partial charge in [-0.05, 0) is 32.1 Å². The Labute approximate surface area is 96.0 Å². The largest absolute Gasteiger partial charge is 0.481 e. The number of aliphatic carboxylic acids is 1. The molecular formula is C12H20O4. The van der Waals surface area contributed by atoms with Gasteiger partial charge in [0.25, 0.3) is 0 Å². The first-order valence-electron chi connectivity index (χ1n) is 5.50. The Morgan fingerprint density at radius 1 is 1.31 bits per heavy atom. The molecule has 0 spiro atoms. The lowest BCUT2D eigenvalue weighted by molar-refractivity contribution is -0.157. The number of esters is 1. The molecule has 1 N–H and O–H groups in total. The van der Waals surface area contributed by atoms with Crippen molar-refractivity contribution in [2.45, 2.75) is 46.6 Å². The highest BCUT2D eigenvalue weighted by atomic mass is 16.6. The van der Waals surface area contributed by atoms with Crippen LogP contribution >= 0.6 is 0 Å². The molecule has 2 atom stereocenters. The summed E-state index contributed by atoms with van der Waals surface area (Å²) < 4.78 is 5.28. The highest BCUT2D eigenvalue weighted by Gasteiger charge is 2.63. The highest BCUT2D eigenvalue weighted by Crippen LogP contribution is 2.60. The van der Waals surface area contributed by atoms with Crippen molar-refractivity contribution in [3.63, 3.8) is 0 Å². The molecule has 0 unspecified atom stereocenters. The average molecular weight is 228 g/mol. The van der Waals surface area contributed by atoms with Crippen LogP contribution in [0.1, 0.15) is 41.0 Å². The second kappa shape index (κ2) is 3.75. The van der Waals surface area contributed by atoms with Gasteiger partial charge in [-0.15, -0.1) is 0 Å². The zero-order valence-corrected chi connectivity index (χ0v) is 10.5. The fourth-order valence-electron chi connectivity index (χ4n) is 2.15. The van der Waals surface area contributed by atoms with Crippen LogP contribution in [-0.2, 0) is 14.3 Å². The van der Waals surface area contributed by atoms with Crippen LogP contribution in [0.25, 0.3) is 0 Å². The molecule has 0 aromatic heterocycles. The van der Waals surface area contributed by atoms with E-state index >= 15 is 0 Å². The maximum Gasteiger partial charge on any atom is 0.310 e. The number of carbonyl (C=O) groups excluding carboxylic acids is 1. The molecule has 1 aliphatic carbocycles. The monoisotopic (exact) mass is 228 g/mol. The van der Waals surface area contributed by atoms with Gasteiger partial charge in [0.15, 0.2) is 0 Å². The van der Waals surface area contributed by atoms with Gasteiger partial charge >= 0.3 is 11.9 Å². The van der Waals surface area contributed by atoms with Crippen molar-refractivity contribution in [2.24, 2.45) is 17.3 Å². The van der Waals surface area contributed by atoms with E-state index in [1.165, 1.54) is 0 Å². The van der Waals surface area contributed by atoms with Crippen molar-refractivity contribution in [3.8, 4) is 0 Å². The van der Waals surface area contributed by atoms with E-state index in [4.69, 9.17) is 9.84 Å². The van der Waals surface area contributed by atoms with Crippen molar-refractivity contribution in [1.29, 1.82) is 0 Å². The van der Waals surface area contributed by atoms with E-state index in [-0.39, 0.29) is 29.6 Å². The molecule has 0 aromatic rings. The third-order valence-corrected chi connectivity index (χ3v) is 3.11. The highest BCUT2D eigenvalue weighted by molar-refractivity contribution is 5.80. The van der Waals surface area contributed by atoms with E-state index in [1.54, 1.807) is 0 Å². The molecule has 4 heteroatoms. The van der Waals surface area contributed by atoms with Crippen LogP contribution in [0.15, 0.2) is 0 Å². The quantitative estimate of drug-likeness (QED) is 0.751. The lowest BCUT2D eigenvalue weighted by atomic mass is 10.1. The molecule has 4 nitrogen and oxygen atoms in total. The minimum Gasteiger partial charge on any atom is -0.481 e. The number of carboxylic acids is 1. The van der Waals surface area contributed by atoms with Gasteiger partial charge in [0.2, 0.25) is 0 Å². The standard InChI is InChI=1S/C12H20O4/c1-11(2,3)16-10(15)9-7(6-8(13)14)12(9,4)5/h7,9H,6H2,1-5H3,(H,13,14)/t7-,9-/m0/s1. The van der Waals surface area contributed by atoms with Crippen LogP contribution in [0.3, 0.4) is 0 Å². The Bertz CT molecular complexity index is 311. The molecule has 0 heterocycles. The van der Waals surface area contributed by atoms with E-state index < -0.39 is 11.6 Å². The van der Waals surface area contributed by atoms with E-state index in [9.17, 15) is 9.59 Å². The van der Waals surface area contributed by atoms with Crippen LogP contribution < -0.4 is 0 Å². The van der Waals surface area contributed by atoms with Crippen molar-refractivity contribution < 1.29 is 19.4 Å². The maximum absolute atomic E-state index is 11.8. The van der Waals surface area contributed by atoms with E-state index in [0.29, 0.717) is 0 Å². The van der Waals surface area contributed by atoms with E-state index in [1.807, 2.05) is 34.6 Å². The molecule has 0 bridgehead atoms. The van der Waals surface area contributed by atoms with Gasteiger partial charge in [0.1, 0.15) is 5.60 Å². The summed E-state index contributed by atoms with van der Waals surface area (Å²) in [6.07, 6.45) is 0.0386. The number of hydrogen-bond acceptors (Lipinski definition) is 3. The first-order valence-corrected chi connectivity index (χ1v) is 5.50. The summed E-state index contributed by atoms with van der Waals surface area (Å²) in [6.45, 7) is 9.26. The number of hydrogen-bond donors (Lipinski definition) is 1. The van der Waals surface area contributed by atoms with Gasteiger partial charge in [-0.2, -0.15) is 0 Å². The molecule has 1 rings (SSSR count). The zero-order chi connectivity index (χ0) is 12.7. The van der Waals surface area contributed by atoms with Crippen molar-refractivity contribution in [2.75, 3.05) is 0 Å². The summed E-state index contributed by atoms with van der Waals surface area (Å²) in [5.41, 5.74) is -0.760. The minimum absolute atomic E-state index is 0.0386. The van der Waals surface area contributed by atoms with Crippen molar-refractivity contribution in [1.82, 2.24) is 0 Å². The van der Waals surface area contributed by atoms with Crippen LogP contribution in [0.2, 0.25) is 0 Å². The first-order chi connectivity index (χ1) is 7.05. The van der Waals surface area contributed by atoms with E-state index in [0.717, 1.165) is 0 Å². The number of carbonyl (C=O) groups is 2. The molecule has 0 aromatic carbocycles. The number of ether oxygens (including phenoxy) is 1. The minimum atomic E-state index is -0.857. The van der Waals surface area contributed by atoms with Crippen molar-refractivity contribution in [3.05, 3.63) is 0 Å². The summed E-state index contributed by atoms with van der Waals surface area (Å²) in [5.74, 6) is -1.50. The molecule has 92 valence electrons. The summed E-state index contributed by atoms with van der Waals surface area (Å²) in [5, 5.41) is 8.74. The van der Waals surface area contributed by atoms with Crippen molar-refractivity contribution >= 4 is 11.9 Å². The fourth-order valence-corrected chi connectivity index (χ4v) is 2.15. The Morgan fingerprint density at radius 3 is 2.19 bits per heavy atom. The van der Waals surface area contributed by atoms with Gasteiger partial charge in [-0.1, -0.05) is 13.8 Å². The molecule has 1 aliphatic rings. The van der Waals surface area contributed by atoms with Gasteiger partial charge in [0, 0.05) is 6.42 Å². The zero-order valence-electron chi connectivity index (χ0n) is 10.5. The maximum atomic E-state index is 11.8. The Balaban J connectivity index is 2.62. The van der Waals surface area contributed by atoms with Crippen LogP contribution in [-0.4, -0.2) is 22.6 Å². The summed E-state index contributed by atoms with van der Waals surface area (Å²) >= 11 is 0. The summed E-state index contributed by atoms with van der Waals surface area (Å²) in [4.78, 5) is 22.5. The molecule has 0 saturated heterocycles.